The normalized spacial score (nSPS) is 10.7. The third kappa shape index (κ3) is 2.28. The van der Waals surface area contributed by atoms with E-state index in [2.05, 4.69) is 9.97 Å². The molecule has 0 saturated carbocycles. The molecule has 2 N–H and O–H groups in total. The van der Waals surface area contributed by atoms with Gasteiger partial charge in [-0.1, -0.05) is 0 Å². The topological polar surface area (TPSA) is 76.6 Å². The van der Waals surface area contributed by atoms with Crippen molar-refractivity contribution in [1.82, 2.24) is 9.97 Å². The molecule has 3 rings (SSSR count). The lowest BCUT2D eigenvalue weighted by molar-refractivity contribution is 0.356. The highest BCUT2D eigenvalue weighted by Gasteiger charge is 2.12. The molecule has 2 aromatic carbocycles. The van der Waals surface area contributed by atoms with Gasteiger partial charge in [-0.25, -0.2) is 4.98 Å². The molecule has 0 bridgehead atoms. The van der Waals surface area contributed by atoms with Crippen molar-refractivity contribution < 1.29 is 19.3 Å². The quantitative estimate of drug-likeness (QED) is 0.774. The second-order valence-electron chi connectivity index (χ2n) is 4.70. The fraction of sp³-hybridized carbons (Fsp3) is 0.188. The molecule has 0 saturated heterocycles. The Kier molecular flexibility index (Phi) is 3.50. The van der Waals surface area contributed by atoms with Crippen molar-refractivity contribution >= 4 is 11.0 Å². The van der Waals surface area contributed by atoms with Crippen LogP contribution >= 0.6 is 0 Å². The summed E-state index contributed by atoms with van der Waals surface area (Å²) in [6, 6.07) is 8.75. The monoisotopic (exact) mass is 300 g/mol. The Morgan fingerprint density at radius 3 is 2.23 bits per heavy atom. The van der Waals surface area contributed by atoms with Crippen molar-refractivity contribution in [2.24, 2.45) is 0 Å². The number of imidazole rings is 1. The number of hydrogen-bond acceptors (Lipinski definition) is 5. The van der Waals surface area contributed by atoms with Crippen molar-refractivity contribution in [3.05, 3.63) is 30.3 Å². The zero-order valence-electron chi connectivity index (χ0n) is 12.5. The Hall–Kier alpha value is -2.89. The van der Waals surface area contributed by atoms with Crippen LogP contribution in [0.5, 0.6) is 23.0 Å². The van der Waals surface area contributed by atoms with Crippen LogP contribution in [0, 0.1) is 0 Å². The van der Waals surface area contributed by atoms with Gasteiger partial charge in [0, 0.05) is 17.7 Å². The van der Waals surface area contributed by atoms with Crippen LogP contribution in [-0.4, -0.2) is 36.4 Å². The SMILES string of the molecule is COc1ccc(-c2nc3cc(OC)c(OC)cc3[nH]2)cc1O. The average molecular weight is 300 g/mol. The average Bonchev–Trinajstić information content (AvgIpc) is 2.96. The Bertz CT molecular complexity index is 785. The molecule has 0 aliphatic heterocycles. The lowest BCUT2D eigenvalue weighted by Crippen LogP contribution is -1.89. The summed E-state index contributed by atoms with van der Waals surface area (Å²) in [6.45, 7) is 0. The number of aromatic amines is 1. The maximum atomic E-state index is 9.89. The number of aromatic nitrogens is 2. The first-order valence-electron chi connectivity index (χ1n) is 6.65. The van der Waals surface area contributed by atoms with Gasteiger partial charge in [0.15, 0.2) is 23.0 Å². The van der Waals surface area contributed by atoms with Crippen molar-refractivity contribution in [2.75, 3.05) is 21.3 Å². The van der Waals surface area contributed by atoms with Gasteiger partial charge < -0.3 is 24.3 Å². The van der Waals surface area contributed by atoms with Crippen molar-refractivity contribution in [1.29, 1.82) is 0 Å². The molecule has 6 nitrogen and oxygen atoms in total. The highest BCUT2D eigenvalue weighted by molar-refractivity contribution is 5.83. The molecule has 0 aliphatic carbocycles. The predicted octanol–water partition coefficient (Wildman–Crippen LogP) is 2.96. The van der Waals surface area contributed by atoms with Gasteiger partial charge in [-0.3, -0.25) is 0 Å². The van der Waals surface area contributed by atoms with E-state index in [1.165, 1.54) is 7.11 Å². The number of rotatable bonds is 4. The van der Waals surface area contributed by atoms with Crippen LogP contribution in [0.1, 0.15) is 0 Å². The van der Waals surface area contributed by atoms with E-state index in [-0.39, 0.29) is 5.75 Å². The van der Waals surface area contributed by atoms with Gasteiger partial charge in [0.1, 0.15) is 5.82 Å². The van der Waals surface area contributed by atoms with Gasteiger partial charge in [0.05, 0.1) is 32.4 Å². The summed E-state index contributed by atoms with van der Waals surface area (Å²) in [5.41, 5.74) is 2.33. The van der Waals surface area contributed by atoms with Crippen LogP contribution in [0.25, 0.3) is 22.4 Å². The number of fused-ring (bicyclic) bond motifs is 1. The minimum absolute atomic E-state index is 0.0654. The minimum atomic E-state index is 0.0654. The number of aromatic hydroxyl groups is 1. The molecular formula is C16H16N2O4. The number of methoxy groups -OCH3 is 3. The fourth-order valence-electron chi connectivity index (χ4n) is 2.31. The molecule has 0 aliphatic rings. The molecule has 1 heterocycles. The standard InChI is InChI=1S/C16H16N2O4/c1-20-13-5-4-9(6-12(13)19)16-17-10-7-14(21-2)15(22-3)8-11(10)18-16/h4-8,19H,1-3H3,(H,17,18). The van der Waals surface area contributed by atoms with E-state index in [0.29, 0.717) is 23.1 Å². The van der Waals surface area contributed by atoms with E-state index >= 15 is 0 Å². The van der Waals surface area contributed by atoms with E-state index in [1.807, 2.05) is 12.1 Å². The maximum Gasteiger partial charge on any atom is 0.163 e. The third-order valence-corrected chi connectivity index (χ3v) is 3.44. The van der Waals surface area contributed by atoms with Gasteiger partial charge in [0.25, 0.3) is 0 Å². The van der Waals surface area contributed by atoms with Crippen LogP contribution in [-0.2, 0) is 0 Å². The van der Waals surface area contributed by atoms with Crippen molar-refractivity contribution in [3.8, 4) is 34.4 Å². The van der Waals surface area contributed by atoms with Gasteiger partial charge in [-0.15, -0.1) is 0 Å². The van der Waals surface area contributed by atoms with Crippen molar-refractivity contribution in [2.45, 2.75) is 0 Å². The van der Waals surface area contributed by atoms with E-state index in [9.17, 15) is 5.11 Å². The molecule has 3 aromatic rings. The van der Waals surface area contributed by atoms with E-state index in [0.717, 1.165) is 16.6 Å². The number of ether oxygens (including phenoxy) is 3. The molecule has 22 heavy (non-hydrogen) atoms. The molecule has 0 fully saturated rings. The third-order valence-electron chi connectivity index (χ3n) is 3.44. The summed E-state index contributed by atoms with van der Waals surface area (Å²) in [4.78, 5) is 7.72. The van der Waals surface area contributed by atoms with Crippen LogP contribution < -0.4 is 14.2 Å². The Labute approximate surface area is 127 Å². The molecule has 0 amide bonds. The Balaban J connectivity index is 2.10. The molecule has 1 aromatic heterocycles. The molecule has 0 atom stereocenters. The first kappa shape index (κ1) is 14.1. The van der Waals surface area contributed by atoms with Crippen molar-refractivity contribution in [3.63, 3.8) is 0 Å². The lowest BCUT2D eigenvalue weighted by Gasteiger charge is -2.06. The summed E-state index contributed by atoms with van der Waals surface area (Å²) >= 11 is 0. The van der Waals surface area contributed by atoms with Crippen LogP contribution in [0.3, 0.4) is 0 Å². The predicted molar refractivity (Wildman–Crippen MR) is 82.9 cm³/mol. The highest BCUT2D eigenvalue weighted by atomic mass is 16.5. The number of hydrogen-bond donors (Lipinski definition) is 2. The zero-order chi connectivity index (χ0) is 15.7. The summed E-state index contributed by atoms with van der Waals surface area (Å²) in [5, 5.41) is 9.89. The second-order valence-corrected chi connectivity index (χ2v) is 4.70. The number of phenolic OH excluding ortho intramolecular Hbond substituents is 1. The largest absolute Gasteiger partial charge is 0.504 e. The van der Waals surface area contributed by atoms with Gasteiger partial charge in [0.2, 0.25) is 0 Å². The molecule has 0 radical (unpaired) electrons. The van der Waals surface area contributed by atoms with Gasteiger partial charge in [-0.2, -0.15) is 0 Å². The molecule has 0 spiro atoms. The number of phenols is 1. The van der Waals surface area contributed by atoms with Gasteiger partial charge >= 0.3 is 0 Å². The van der Waals surface area contributed by atoms with Crippen LogP contribution in [0.15, 0.2) is 30.3 Å². The molecular weight excluding hydrogens is 284 g/mol. The van der Waals surface area contributed by atoms with Crippen LogP contribution in [0.4, 0.5) is 0 Å². The number of nitrogens with zero attached hydrogens (tertiary/aromatic N) is 1. The summed E-state index contributed by atoms with van der Waals surface area (Å²) in [6.07, 6.45) is 0. The fourth-order valence-corrected chi connectivity index (χ4v) is 2.31. The number of nitrogens with one attached hydrogen (secondary N) is 1. The summed E-state index contributed by atoms with van der Waals surface area (Å²) < 4.78 is 15.6. The summed E-state index contributed by atoms with van der Waals surface area (Å²) in [5.74, 6) is 2.37. The second kappa shape index (κ2) is 5.48. The number of H-pyrrole nitrogens is 1. The Morgan fingerprint density at radius 1 is 0.909 bits per heavy atom. The maximum absolute atomic E-state index is 9.89. The molecule has 6 heteroatoms. The molecule has 114 valence electrons. The number of benzene rings is 2. The van der Waals surface area contributed by atoms with E-state index in [1.54, 1.807) is 32.4 Å². The summed E-state index contributed by atoms with van der Waals surface area (Å²) in [7, 11) is 4.68. The molecule has 0 unspecified atom stereocenters. The lowest BCUT2D eigenvalue weighted by atomic mass is 10.2. The highest BCUT2D eigenvalue weighted by Crippen LogP contribution is 2.34. The van der Waals surface area contributed by atoms with Crippen LogP contribution in [0.2, 0.25) is 0 Å². The smallest absolute Gasteiger partial charge is 0.163 e. The first-order chi connectivity index (χ1) is 10.7. The minimum Gasteiger partial charge on any atom is -0.504 e. The zero-order valence-corrected chi connectivity index (χ0v) is 12.5. The van der Waals surface area contributed by atoms with E-state index in [4.69, 9.17) is 14.2 Å². The first-order valence-corrected chi connectivity index (χ1v) is 6.65. The Morgan fingerprint density at radius 2 is 1.59 bits per heavy atom. The van der Waals surface area contributed by atoms with E-state index < -0.39 is 0 Å². The van der Waals surface area contributed by atoms with Gasteiger partial charge in [-0.05, 0) is 18.2 Å².